The summed E-state index contributed by atoms with van der Waals surface area (Å²) in [5, 5.41) is 9.72. The van der Waals surface area contributed by atoms with Crippen LogP contribution < -0.4 is 0 Å². The minimum Gasteiger partial charge on any atom is -0.461 e. The molecule has 0 saturated carbocycles. The first-order valence-corrected chi connectivity index (χ1v) is 9.41. The highest BCUT2D eigenvalue weighted by Gasteiger charge is 2.35. The lowest BCUT2D eigenvalue weighted by Crippen LogP contribution is -2.26. The number of furan rings is 1. The normalized spacial score (nSPS) is 26.7. The number of fused-ring (bicyclic) bond motifs is 3. The summed E-state index contributed by atoms with van der Waals surface area (Å²) >= 11 is 0. The van der Waals surface area contributed by atoms with E-state index in [0.29, 0.717) is 36.4 Å². The number of aliphatic hydroxyl groups is 1. The SMILES string of the molecule is C=C(C)[C@H]1Cc2oc(cc2CO)/C=C(\C)C[C@@H]2C=C(C(=O)O2)C(OC(C)=O)C1. The van der Waals surface area contributed by atoms with E-state index >= 15 is 0 Å². The number of hydrogen-bond donors (Lipinski definition) is 1. The Kier molecular flexibility index (Phi) is 5.89. The molecule has 0 amide bonds. The number of esters is 2. The molecule has 0 aromatic carbocycles. The summed E-state index contributed by atoms with van der Waals surface area (Å²) in [4.78, 5) is 24.1. The first-order valence-electron chi connectivity index (χ1n) is 9.41. The van der Waals surface area contributed by atoms with E-state index in [1.165, 1.54) is 6.92 Å². The Bertz CT molecular complexity index is 856. The summed E-state index contributed by atoms with van der Waals surface area (Å²) < 4.78 is 16.9. The number of aliphatic hydroxyl groups excluding tert-OH is 1. The Morgan fingerprint density at radius 1 is 1.36 bits per heavy atom. The molecule has 0 saturated heterocycles. The van der Waals surface area contributed by atoms with E-state index in [-0.39, 0.29) is 12.5 Å². The molecular weight excluding hydrogens is 360 g/mol. The summed E-state index contributed by atoms with van der Waals surface area (Å²) in [5.41, 5.74) is 2.95. The average molecular weight is 386 g/mol. The molecule has 1 N–H and O–H groups in total. The second kappa shape index (κ2) is 8.19. The Morgan fingerprint density at radius 3 is 2.75 bits per heavy atom. The topological polar surface area (TPSA) is 86.0 Å². The molecule has 6 nitrogen and oxygen atoms in total. The summed E-state index contributed by atoms with van der Waals surface area (Å²) in [6.07, 6.45) is 3.90. The quantitative estimate of drug-likeness (QED) is 0.632. The van der Waals surface area contributed by atoms with Gasteiger partial charge in [0.05, 0.1) is 12.2 Å². The molecule has 1 aromatic heterocycles. The minimum absolute atomic E-state index is 0.104. The molecule has 0 spiro atoms. The van der Waals surface area contributed by atoms with Crippen molar-refractivity contribution >= 4 is 18.0 Å². The van der Waals surface area contributed by atoms with Gasteiger partial charge in [0.1, 0.15) is 23.7 Å². The van der Waals surface area contributed by atoms with Crippen LogP contribution in [-0.4, -0.2) is 29.3 Å². The number of ether oxygens (including phenoxy) is 2. The summed E-state index contributed by atoms with van der Waals surface area (Å²) in [6, 6.07) is 1.82. The predicted molar refractivity (Wildman–Crippen MR) is 103 cm³/mol. The molecule has 4 bridgehead atoms. The van der Waals surface area contributed by atoms with Gasteiger partial charge < -0.3 is 19.0 Å². The number of hydrogen-bond acceptors (Lipinski definition) is 6. The molecular formula is C22H26O6. The van der Waals surface area contributed by atoms with E-state index < -0.39 is 24.1 Å². The fraction of sp³-hybridized carbons (Fsp3) is 0.455. The van der Waals surface area contributed by atoms with E-state index in [9.17, 15) is 14.7 Å². The zero-order chi connectivity index (χ0) is 20.4. The van der Waals surface area contributed by atoms with Gasteiger partial charge in [0, 0.05) is 25.3 Å². The highest BCUT2D eigenvalue weighted by Crippen LogP contribution is 2.33. The molecule has 3 atom stereocenters. The molecule has 6 heteroatoms. The molecule has 0 fully saturated rings. The number of rotatable bonds is 3. The van der Waals surface area contributed by atoms with E-state index in [1.54, 1.807) is 6.08 Å². The van der Waals surface area contributed by atoms with Crippen molar-refractivity contribution in [1.82, 2.24) is 0 Å². The van der Waals surface area contributed by atoms with Gasteiger partial charge in [-0.15, -0.1) is 0 Å². The lowest BCUT2D eigenvalue weighted by molar-refractivity contribution is -0.147. The third-order valence-corrected chi connectivity index (χ3v) is 5.14. The highest BCUT2D eigenvalue weighted by molar-refractivity contribution is 5.92. The van der Waals surface area contributed by atoms with Gasteiger partial charge in [-0.1, -0.05) is 17.7 Å². The molecule has 2 aliphatic heterocycles. The summed E-state index contributed by atoms with van der Waals surface area (Å²) in [6.45, 7) is 9.08. The van der Waals surface area contributed by atoms with E-state index in [2.05, 4.69) is 6.58 Å². The Hall–Kier alpha value is -2.60. The molecule has 3 rings (SSSR count). The molecule has 0 aliphatic carbocycles. The maximum absolute atomic E-state index is 12.4. The van der Waals surface area contributed by atoms with Gasteiger partial charge in [0.15, 0.2) is 0 Å². The van der Waals surface area contributed by atoms with Crippen LogP contribution in [0.4, 0.5) is 0 Å². The van der Waals surface area contributed by atoms with E-state index in [0.717, 1.165) is 16.7 Å². The van der Waals surface area contributed by atoms with Crippen LogP contribution in [0.5, 0.6) is 0 Å². The smallest absolute Gasteiger partial charge is 0.338 e. The maximum Gasteiger partial charge on any atom is 0.338 e. The largest absolute Gasteiger partial charge is 0.461 e. The number of carbonyl (C=O) groups is 2. The van der Waals surface area contributed by atoms with Crippen molar-refractivity contribution in [2.45, 2.75) is 58.8 Å². The lowest BCUT2D eigenvalue weighted by atomic mass is 9.87. The van der Waals surface area contributed by atoms with Crippen LogP contribution in [0.1, 0.15) is 50.7 Å². The van der Waals surface area contributed by atoms with Crippen LogP contribution in [0, 0.1) is 5.92 Å². The van der Waals surface area contributed by atoms with Gasteiger partial charge in [0.25, 0.3) is 0 Å². The van der Waals surface area contributed by atoms with Crippen LogP contribution >= 0.6 is 0 Å². The third-order valence-electron chi connectivity index (χ3n) is 5.14. The second-order valence-corrected chi connectivity index (χ2v) is 7.60. The fourth-order valence-electron chi connectivity index (χ4n) is 3.71. The number of allylic oxidation sites excluding steroid dienone is 1. The fourth-order valence-corrected chi connectivity index (χ4v) is 3.71. The summed E-state index contributed by atoms with van der Waals surface area (Å²) in [7, 11) is 0. The van der Waals surface area contributed by atoms with Crippen LogP contribution in [0.3, 0.4) is 0 Å². The number of carbonyl (C=O) groups excluding carboxylic acids is 2. The Morgan fingerprint density at radius 2 is 2.11 bits per heavy atom. The van der Waals surface area contributed by atoms with Crippen LogP contribution in [-0.2, 0) is 32.1 Å². The zero-order valence-electron chi connectivity index (χ0n) is 16.5. The van der Waals surface area contributed by atoms with Crippen molar-refractivity contribution in [1.29, 1.82) is 0 Å². The van der Waals surface area contributed by atoms with Gasteiger partial charge in [-0.25, -0.2) is 4.79 Å². The van der Waals surface area contributed by atoms with E-state index in [1.807, 2.05) is 26.0 Å². The van der Waals surface area contributed by atoms with Crippen molar-refractivity contribution in [3.05, 3.63) is 52.5 Å². The molecule has 0 radical (unpaired) electrons. The van der Waals surface area contributed by atoms with Crippen LogP contribution in [0.15, 0.2) is 39.9 Å². The first kappa shape index (κ1) is 20.1. The monoisotopic (exact) mass is 386 g/mol. The predicted octanol–water partition coefficient (Wildman–Crippen LogP) is 3.49. The lowest BCUT2D eigenvalue weighted by Gasteiger charge is -2.23. The highest BCUT2D eigenvalue weighted by atomic mass is 16.6. The van der Waals surface area contributed by atoms with Crippen LogP contribution in [0.25, 0.3) is 6.08 Å². The van der Waals surface area contributed by atoms with Crippen molar-refractivity contribution in [3.8, 4) is 0 Å². The molecule has 150 valence electrons. The molecule has 28 heavy (non-hydrogen) atoms. The molecule has 1 aromatic rings. The minimum atomic E-state index is -0.714. The Balaban J connectivity index is 2.05. The van der Waals surface area contributed by atoms with Gasteiger partial charge in [-0.05, 0) is 44.4 Å². The van der Waals surface area contributed by atoms with Gasteiger partial charge in [0.2, 0.25) is 0 Å². The van der Waals surface area contributed by atoms with Crippen molar-refractivity contribution in [2.75, 3.05) is 0 Å². The third kappa shape index (κ3) is 4.44. The van der Waals surface area contributed by atoms with Crippen molar-refractivity contribution in [3.63, 3.8) is 0 Å². The zero-order valence-corrected chi connectivity index (χ0v) is 16.5. The Labute approximate surface area is 164 Å². The van der Waals surface area contributed by atoms with Gasteiger partial charge in [-0.3, -0.25) is 4.79 Å². The molecule has 1 unspecified atom stereocenters. The molecule has 3 heterocycles. The maximum atomic E-state index is 12.4. The first-order chi connectivity index (χ1) is 13.3. The van der Waals surface area contributed by atoms with Gasteiger partial charge >= 0.3 is 11.9 Å². The van der Waals surface area contributed by atoms with Crippen molar-refractivity contribution in [2.24, 2.45) is 5.92 Å². The summed E-state index contributed by atoms with van der Waals surface area (Å²) in [5.74, 6) is 0.320. The van der Waals surface area contributed by atoms with E-state index in [4.69, 9.17) is 13.9 Å². The van der Waals surface area contributed by atoms with Crippen LogP contribution in [0.2, 0.25) is 0 Å². The average Bonchev–Trinajstić information content (AvgIpc) is 3.15. The van der Waals surface area contributed by atoms with Crippen molar-refractivity contribution < 1.29 is 28.6 Å². The molecule has 2 aliphatic rings. The van der Waals surface area contributed by atoms with Gasteiger partial charge in [-0.2, -0.15) is 0 Å². The second-order valence-electron chi connectivity index (χ2n) is 7.60. The standard InChI is InChI=1S/C22H26O6/c1-12(2)15-8-20-16(11-23)7-17(27-20)5-13(3)6-18-10-19(22(25)28-18)21(9-15)26-14(4)24/h5,7,10,15,18,21,23H,1,6,8-9,11H2,2-4H3/b13-5+/t15-,18+,21?/m0/s1.